The molecule has 0 spiro atoms. The Hall–Kier alpha value is -1.18. The fourth-order valence-electron chi connectivity index (χ4n) is 6.10. The highest BCUT2D eigenvalue weighted by molar-refractivity contribution is 5.76. The molecule has 6 unspecified atom stereocenters. The second-order valence-corrected chi connectivity index (χ2v) is 9.80. The summed E-state index contributed by atoms with van der Waals surface area (Å²) in [5, 5.41) is 3.62. The number of fused-ring (bicyclic) bond motifs is 1. The van der Waals surface area contributed by atoms with Gasteiger partial charge in [-0.3, -0.25) is 14.5 Å². The number of piperidine rings is 1. The van der Waals surface area contributed by atoms with Crippen LogP contribution < -0.4 is 5.32 Å². The highest BCUT2D eigenvalue weighted by Crippen LogP contribution is 2.42. The molecule has 1 amide bonds. The number of nitrogens with zero attached hydrogens (tertiary/aromatic N) is 2. The molecule has 0 aromatic heterocycles. The lowest BCUT2D eigenvalue weighted by atomic mass is 9.69. The van der Waals surface area contributed by atoms with Gasteiger partial charge in [-0.15, -0.1) is 0 Å². The van der Waals surface area contributed by atoms with Crippen molar-refractivity contribution < 1.29 is 19.1 Å². The van der Waals surface area contributed by atoms with E-state index in [1.807, 2.05) is 0 Å². The first-order chi connectivity index (χ1) is 14.5. The standard InChI is InChI=1S/C23H39N3O4/c1-16-13-23(28)30-20-15-19(29-2)17(14-18(16)20)6-7-22(27)26-11-9-25(10-12-26)21-5-3-4-8-24-21/h16-21,24H,3-15H2,1-2H3. The zero-order valence-electron chi connectivity index (χ0n) is 18.7. The maximum Gasteiger partial charge on any atom is 0.306 e. The molecule has 1 saturated carbocycles. The van der Waals surface area contributed by atoms with E-state index in [1.165, 1.54) is 19.3 Å². The minimum Gasteiger partial charge on any atom is -0.462 e. The van der Waals surface area contributed by atoms with Crippen molar-refractivity contribution in [2.45, 2.75) is 76.7 Å². The van der Waals surface area contributed by atoms with Crippen molar-refractivity contribution in [1.29, 1.82) is 0 Å². The van der Waals surface area contributed by atoms with Crippen LogP contribution in [0.1, 0.15) is 58.3 Å². The zero-order chi connectivity index (χ0) is 21.1. The molecule has 4 fully saturated rings. The quantitative estimate of drug-likeness (QED) is 0.685. The number of ether oxygens (including phenoxy) is 2. The van der Waals surface area contributed by atoms with E-state index in [0.717, 1.165) is 52.0 Å². The predicted octanol–water partition coefficient (Wildman–Crippen LogP) is 2.00. The fraction of sp³-hybridized carbons (Fsp3) is 0.913. The number of piperazine rings is 1. The second kappa shape index (κ2) is 9.96. The van der Waals surface area contributed by atoms with Gasteiger partial charge in [0, 0.05) is 52.6 Å². The van der Waals surface area contributed by atoms with Crippen LogP contribution in [0.4, 0.5) is 0 Å². The van der Waals surface area contributed by atoms with Gasteiger partial charge in [0.25, 0.3) is 0 Å². The van der Waals surface area contributed by atoms with E-state index in [1.54, 1.807) is 7.11 Å². The molecule has 7 nitrogen and oxygen atoms in total. The lowest BCUT2D eigenvalue weighted by Crippen LogP contribution is -2.56. The monoisotopic (exact) mass is 421 g/mol. The number of amides is 1. The molecule has 7 heteroatoms. The van der Waals surface area contributed by atoms with Crippen LogP contribution in [0.15, 0.2) is 0 Å². The van der Waals surface area contributed by atoms with Crippen LogP contribution in [-0.4, -0.2) is 79.9 Å². The number of esters is 1. The molecule has 30 heavy (non-hydrogen) atoms. The van der Waals surface area contributed by atoms with E-state index < -0.39 is 0 Å². The Kier molecular flexibility index (Phi) is 7.32. The third-order valence-electron chi connectivity index (χ3n) is 7.97. The van der Waals surface area contributed by atoms with Crippen LogP contribution in [-0.2, 0) is 19.1 Å². The molecule has 3 saturated heterocycles. The summed E-state index contributed by atoms with van der Waals surface area (Å²) in [5.41, 5.74) is 0. The maximum absolute atomic E-state index is 12.9. The van der Waals surface area contributed by atoms with Gasteiger partial charge in [-0.05, 0) is 56.4 Å². The molecule has 0 radical (unpaired) electrons. The van der Waals surface area contributed by atoms with Crippen LogP contribution >= 0.6 is 0 Å². The van der Waals surface area contributed by atoms with Crippen molar-refractivity contribution in [3.8, 4) is 0 Å². The Labute approximate surface area is 180 Å². The normalized spacial score (nSPS) is 38.1. The highest BCUT2D eigenvalue weighted by Gasteiger charge is 2.44. The van der Waals surface area contributed by atoms with Crippen LogP contribution in [0, 0.1) is 17.8 Å². The number of carbonyl (C=O) groups is 2. The summed E-state index contributed by atoms with van der Waals surface area (Å²) in [5.74, 6) is 1.34. The molecule has 4 rings (SSSR count). The maximum atomic E-state index is 12.9. The van der Waals surface area contributed by atoms with Crippen molar-refractivity contribution in [2.75, 3.05) is 39.8 Å². The average Bonchev–Trinajstić information content (AvgIpc) is 2.77. The Bertz CT molecular complexity index is 601. The SMILES string of the molecule is COC1CC2OC(=O)CC(C)C2CC1CCC(=O)N1CCN(C2CCCCN2)CC1. The van der Waals surface area contributed by atoms with Gasteiger partial charge in [0.2, 0.25) is 5.91 Å². The largest absolute Gasteiger partial charge is 0.462 e. The summed E-state index contributed by atoms with van der Waals surface area (Å²) >= 11 is 0. The lowest BCUT2D eigenvalue weighted by Gasteiger charge is -2.45. The minimum atomic E-state index is -0.0743. The zero-order valence-corrected chi connectivity index (χ0v) is 18.7. The summed E-state index contributed by atoms with van der Waals surface area (Å²) in [7, 11) is 1.74. The highest BCUT2D eigenvalue weighted by atomic mass is 16.5. The summed E-state index contributed by atoms with van der Waals surface area (Å²) in [6.45, 7) is 6.90. The topological polar surface area (TPSA) is 71.1 Å². The molecular formula is C23H39N3O4. The Morgan fingerprint density at radius 3 is 2.70 bits per heavy atom. The molecule has 170 valence electrons. The lowest BCUT2D eigenvalue weighted by molar-refractivity contribution is -0.174. The molecule has 4 aliphatic rings. The third kappa shape index (κ3) is 5.00. The summed E-state index contributed by atoms with van der Waals surface area (Å²) in [6, 6.07) is 0. The number of rotatable bonds is 5. The molecular weight excluding hydrogens is 382 g/mol. The van der Waals surface area contributed by atoms with Crippen molar-refractivity contribution in [1.82, 2.24) is 15.1 Å². The van der Waals surface area contributed by atoms with Crippen LogP contribution in [0.5, 0.6) is 0 Å². The van der Waals surface area contributed by atoms with Crippen LogP contribution in [0.2, 0.25) is 0 Å². The summed E-state index contributed by atoms with van der Waals surface area (Å²) in [4.78, 5) is 29.3. The number of carbonyl (C=O) groups excluding carboxylic acids is 2. The molecule has 1 N–H and O–H groups in total. The van der Waals surface area contributed by atoms with Gasteiger partial charge in [-0.2, -0.15) is 0 Å². The summed E-state index contributed by atoms with van der Waals surface area (Å²) < 4.78 is 11.4. The Morgan fingerprint density at radius 1 is 1.20 bits per heavy atom. The van der Waals surface area contributed by atoms with Crippen molar-refractivity contribution in [3.05, 3.63) is 0 Å². The molecule has 0 bridgehead atoms. The van der Waals surface area contributed by atoms with Gasteiger partial charge in [0.05, 0.1) is 12.3 Å². The molecule has 0 aromatic carbocycles. The molecule has 6 atom stereocenters. The first-order valence-corrected chi connectivity index (χ1v) is 12.0. The van der Waals surface area contributed by atoms with Gasteiger partial charge in [0.15, 0.2) is 0 Å². The molecule has 3 aliphatic heterocycles. The van der Waals surface area contributed by atoms with E-state index in [2.05, 4.69) is 22.0 Å². The van der Waals surface area contributed by atoms with Crippen molar-refractivity contribution >= 4 is 11.9 Å². The third-order valence-corrected chi connectivity index (χ3v) is 7.97. The van der Waals surface area contributed by atoms with Crippen LogP contribution in [0.25, 0.3) is 0 Å². The van der Waals surface area contributed by atoms with Crippen molar-refractivity contribution in [3.63, 3.8) is 0 Å². The van der Waals surface area contributed by atoms with Crippen LogP contribution in [0.3, 0.4) is 0 Å². The van der Waals surface area contributed by atoms with E-state index in [9.17, 15) is 9.59 Å². The average molecular weight is 422 g/mol. The Morgan fingerprint density at radius 2 is 2.00 bits per heavy atom. The number of hydrogen-bond acceptors (Lipinski definition) is 6. The number of nitrogens with one attached hydrogen (secondary N) is 1. The minimum absolute atomic E-state index is 0.0142. The smallest absolute Gasteiger partial charge is 0.306 e. The molecule has 3 heterocycles. The van der Waals surface area contributed by atoms with E-state index in [-0.39, 0.29) is 24.1 Å². The predicted molar refractivity (Wildman–Crippen MR) is 114 cm³/mol. The van der Waals surface area contributed by atoms with Gasteiger partial charge < -0.3 is 19.7 Å². The van der Waals surface area contributed by atoms with Gasteiger partial charge in [-0.25, -0.2) is 0 Å². The van der Waals surface area contributed by atoms with Gasteiger partial charge in [-0.1, -0.05) is 6.92 Å². The number of hydrogen-bond donors (Lipinski definition) is 1. The second-order valence-electron chi connectivity index (χ2n) is 9.80. The van der Waals surface area contributed by atoms with Crippen molar-refractivity contribution in [2.24, 2.45) is 17.8 Å². The van der Waals surface area contributed by atoms with Gasteiger partial charge >= 0.3 is 5.97 Å². The van der Waals surface area contributed by atoms with E-state index in [4.69, 9.17) is 9.47 Å². The van der Waals surface area contributed by atoms with E-state index in [0.29, 0.717) is 36.8 Å². The first-order valence-electron chi connectivity index (χ1n) is 12.0. The molecule has 0 aromatic rings. The van der Waals surface area contributed by atoms with Gasteiger partial charge in [0.1, 0.15) is 6.10 Å². The van der Waals surface area contributed by atoms with E-state index >= 15 is 0 Å². The molecule has 1 aliphatic carbocycles. The first kappa shape index (κ1) is 22.0. The number of methoxy groups -OCH3 is 1. The summed E-state index contributed by atoms with van der Waals surface area (Å²) in [6.07, 6.45) is 8.11. The Balaban J connectivity index is 1.24. The fourth-order valence-corrected chi connectivity index (χ4v) is 6.10.